The van der Waals surface area contributed by atoms with E-state index in [0.29, 0.717) is 5.92 Å². The Morgan fingerprint density at radius 3 is 2.41 bits per heavy atom. The summed E-state index contributed by atoms with van der Waals surface area (Å²) in [7, 11) is 0. The summed E-state index contributed by atoms with van der Waals surface area (Å²) in [5, 5.41) is 9.15. The summed E-state index contributed by atoms with van der Waals surface area (Å²) in [6, 6.07) is 6.28. The van der Waals surface area contributed by atoms with E-state index in [1.54, 1.807) is 13.8 Å². The third-order valence-electron chi connectivity index (χ3n) is 2.76. The molecule has 0 bridgehead atoms. The van der Waals surface area contributed by atoms with Crippen molar-refractivity contribution in [1.29, 1.82) is 0 Å². The minimum absolute atomic E-state index is 0.461. The van der Waals surface area contributed by atoms with E-state index in [1.807, 2.05) is 6.92 Å². The Balaban J connectivity index is 3.05. The van der Waals surface area contributed by atoms with Crippen molar-refractivity contribution in [2.24, 2.45) is 0 Å². The molecule has 3 heteroatoms. The molecule has 0 aliphatic carbocycles. The molecule has 0 saturated carbocycles. The van der Waals surface area contributed by atoms with Crippen molar-refractivity contribution in [3.63, 3.8) is 0 Å². The average molecular weight is 252 g/mol. The predicted molar refractivity (Wildman–Crippen MR) is 72.8 cm³/mol. The largest absolute Gasteiger partial charge is 0.480 e. The van der Waals surface area contributed by atoms with Crippen LogP contribution in [-0.4, -0.2) is 15.8 Å². The van der Waals surface area contributed by atoms with Crippen molar-refractivity contribution in [2.45, 2.75) is 50.2 Å². The fraction of sp³-hybridized carbons (Fsp3) is 0.500. The molecule has 0 radical (unpaired) electrons. The number of aryl methyl sites for hydroxylation is 1. The molecule has 1 rings (SSSR count). The Morgan fingerprint density at radius 1 is 1.35 bits per heavy atom. The summed E-state index contributed by atoms with van der Waals surface area (Å²) in [5.41, 5.74) is 2.38. The number of aliphatic carboxylic acids is 1. The standard InChI is InChI=1S/C14H20O2S/c1-9(2)11-7-6-10(3)12(8-11)17-14(4,5)13(15)16/h6-9H,1-5H3,(H,15,16). The van der Waals surface area contributed by atoms with E-state index in [4.69, 9.17) is 5.11 Å². The van der Waals surface area contributed by atoms with Gasteiger partial charge >= 0.3 is 5.97 Å². The first kappa shape index (κ1) is 14.1. The normalized spacial score (nSPS) is 11.9. The van der Waals surface area contributed by atoms with E-state index >= 15 is 0 Å². The summed E-state index contributed by atoms with van der Waals surface area (Å²) in [4.78, 5) is 12.2. The summed E-state index contributed by atoms with van der Waals surface area (Å²) < 4.78 is -0.791. The van der Waals surface area contributed by atoms with Gasteiger partial charge in [-0.25, -0.2) is 0 Å². The lowest BCUT2D eigenvalue weighted by Crippen LogP contribution is -2.27. The Kier molecular flexibility index (Phi) is 4.26. The summed E-state index contributed by atoms with van der Waals surface area (Å²) in [6.07, 6.45) is 0. The molecule has 0 unspecified atom stereocenters. The zero-order valence-corrected chi connectivity index (χ0v) is 11.9. The molecular weight excluding hydrogens is 232 g/mol. The molecule has 0 heterocycles. The fourth-order valence-electron chi connectivity index (χ4n) is 1.40. The zero-order valence-electron chi connectivity index (χ0n) is 11.1. The molecule has 0 saturated heterocycles. The van der Waals surface area contributed by atoms with Crippen molar-refractivity contribution < 1.29 is 9.90 Å². The second-order valence-corrected chi connectivity index (χ2v) is 6.76. The second kappa shape index (κ2) is 5.13. The van der Waals surface area contributed by atoms with Crippen molar-refractivity contribution in [3.05, 3.63) is 29.3 Å². The van der Waals surface area contributed by atoms with Gasteiger partial charge in [-0.3, -0.25) is 4.79 Å². The maximum atomic E-state index is 11.1. The first-order valence-electron chi connectivity index (χ1n) is 5.77. The van der Waals surface area contributed by atoms with Gasteiger partial charge in [-0.15, -0.1) is 11.8 Å². The number of hydrogen-bond acceptors (Lipinski definition) is 2. The number of carboxylic acid groups (broad SMARTS) is 1. The Bertz CT molecular complexity index is 422. The topological polar surface area (TPSA) is 37.3 Å². The molecule has 0 amide bonds. The van der Waals surface area contributed by atoms with Crippen LogP contribution in [0.4, 0.5) is 0 Å². The first-order chi connectivity index (χ1) is 7.74. The van der Waals surface area contributed by atoms with E-state index in [-0.39, 0.29) is 0 Å². The second-order valence-electron chi connectivity index (χ2n) is 5.10. The van der Waals surface area contributed by atoms with Crippen LogP contribution < -0.4 is 0 Å². The maximum absolute atomic E-state index is 11.1. The molecule has 0 aromatic heterocycles. The maximum Gasteiger partial charge on any atom is 0.319 e. The molecule has 1 aromatic rings. The van der Waals surface area contributed by atoms with Crippen molar-refractivity contribution in [3.8, 4) is 0 Å². The SMILES string of the molecule is Cc1ccc(C(C)C)cc1SC(C)(C)C(=O)O. The third-order valence-corrected chi connectivity index (χ3v) is 4.10. The lowest BCUT2D eigenvalue weighted by atomic mass is 10.0. The van der Waals surface area contributed by atoms with Crippen molar-refractivity contribution in [2.75, 3.05) is 0 Å². The smallest absolute Gasteiger partial charge is 0.319 e. The fourth-order valence-corrected chi connectivity index (χ4v) is 2.47. The highest BCUT2D eigenvalue weighted by Gasteiger charge is 2.29. The number of carboxylic acids is 1. The monoisotopic (exact) mass is 252 g/mol. The summed E-state index contributed by atoms with van der Waals surface area (Å²) >= 11 is 1.41. The number of rotatable bonds is 4. The van der Waals surface area contributed by atoms with Gasteiger partial charge in [0.25, 0.3) is 0 Å². The van der Waals surface area contributed by atoms with Crippen LogP contribution in [-0.2, 0) is 4.79 Å². The van der Waals surface area contributed by atoms with Gasteiger partial charge in [-0.05, 0) is 43.9 Å². The first-order valence-corrected chi connectivity index (χ1v) is 6.58. The van der Waals surface area contributed by atoms with Crippen LogP contribution in [0.1, 0.15) is 44.7 Å². The lowest BCUT2D eigenvalue weighted by Gasteiger charge is -2.20. The van der Waals surface area contributed by atoms with Crippen LogP contribution in [0.3, 0.4) is 0 Å². The lowest BCUT2D eigenvalue weighted by molar-refractivity contribution is -0.138. The molecule has 17 heavy (non-hydrogen) atoms. The van der Waals surface area contributed by atoms with Crippen LogP contribution in [0.5, 0.6) is 0 Å². The van der Waals surface area contributed by atoms with Crippen molar-refractivity contribution >= 4 is 17.7 Å². The summed E-state index contributed by atoms with van der Waals surface area (Å²) in [6.45, 7) is 9.77. The van der Waals surface area contributed by atoms with Gasteiger partial charge in [-0.2, -0.15) is 0 Å². The molecule has 2 nitrogen and oxygen atoms in total. The quantitative estimate of drug-likeness (QED) is 0.821. The van der Waals surface area contributed by atoms with Crippen LogP contribution >= 0.6 is 11.8 Å². The van der Waals surface area contributed by atoms with Gasteiger partial charge in [0.2, 0.25) is 0 Å². The number of carbonyl (C=O) groups is 1. The minimum Gasteiger partial charge on any atom is -0.480 e. The van der Waals surface area contributed by atoms with E-state index in [9.17, 15) is 4.79 Å². The van der Waals surface area contributed by atoms with Gasteiger partial charge in [-0.1, -0.05) is 26.0 Å². The average Bonchev–Trinajstić information content (AvgIpc) is 2.20. The predicted octanol–water partition coefficient (Wildman–Crippen LogP) is 4.07. The Morgan fingerprint density at radius 2 is 1.94 bits per heavy atom. The zero-order chi connectivity index (χ0) is 13.2. The molecule has 0 atom stereocenters. The van der Waals surface area contributed by atoms with E-state index in [2.05, 4.69) is 32.0 Å². The number of thioether (sulfide) groups is 1. The molecule has 1 aromatic carbocycles. The van der Waals surface area contributed by atoms with Gasteiger partial charge in [0.15, 0.2) is 0 Å². The van der Waals surface area contributed by atoms with Crippen LogP contribution in [0.15, 0.2) is 23.1 Å². The Hall–Kier alpha value is -0.960. The molecule has 1 N–H and O–H groups in total. The highest BCUT2D eigenvalue weighted by atomic mass is 32.2. The van der Waals surface area contributed by atoms with Crippen LogP contribution in [0, 0.1) is 6.92 Å². The van der Waals surface area contributed by atoms with E-state index in [0.717, 1.165) is 10.5 Å². The molecule has 0 spiro atoms. The third kappa shape index (κ3) is 3.50. The number of hydrogen-bond donors (Lipinski definition) is 1. The van der Waals surface area contributed by atoms with Crippen LogP contribution in [0.25, 0.3) is 0 Å². The molecule has 0 aliphatic heterocycles. The molecule has 0 fully saturated rings. The molecule has 94 valence electrons. The van der Waals surface area contributed by atoms with Gasteiger partial charge in [0.05, 0.1) is 0 Å². The molecule has 0 aliphatic rings. The number of benzene rings is 1. The minimum atomic E-state index is -0.791. The van der Waals surface area contributed by atoms with E-state index in [1.165, 1.54) is 17.3 Å². The molecular formula is C14H20O2S. The highest BCUT2D eigenvalue weighted by Crippen LogP contribution is 2.36. The van der Waals surface area contributed by atoms with E-state index < -0.39 is 10.7 Å². The van der Waals surface area contributed by atoms with Gasteiger partial charge in [0.1, 0.15) is 4.75 Å². The van der Waals surface area contributed by atoms with Gasteiger partial charge in [0, 0.05) is 4.90 Å². The van der Waals surface area contributed by atoms with Crippen molar-refractivity contribution in [1.82, 2.24) is 0 Å². The van der Waals surface area contributed by atoms with Gasteiger partial charge < -0.3 is 5.11 Å². The van der Waals surface area contributed by atoms with Crippen LogP contribution in [0.2, 0.25) is 0 Å². The Labute approximate surface area is 107 Å². The highest BCUT2D eigenvalue weighted by molar-refractivity contribution is 8.01. The summed E-state index contributed by atoms with van der Waals surface area (Å²) in [5.74, 6) is -0.320.